The van der Waals surface area contributed by atoms with Crippen molar-refractivity contribution in [3.63, 3.8) is 0 Å². The Labute approximate surface area is 126 Å². The first-order chi connectivity index (χ1) is 9.49. The Morgan fingerprint density at radius 2 is 2.05 bits per heavy atom. The van der Waals surface area contributed by atoms with Crippen molar-refractivity contribution in [1.82, 2.24) is 0 Å². The summed E-state index contributed by atoms with van der Waals surface area (Å²) in [7, 11) is 0. The summed E-state index contributed by atoms with van der Waals surface area (Å²) in [5.41, 5.74) is 6.58. The van der Waals surface area contributed by atoms with E-state index in [-0.39, 0.29) is 0 Å². The molecule has 0 radical (unpaired) electrons. The van der Waals surface area contributed by atoms with Crippen LogP contribution in [0, 0.1) is 17.8 Å². The zero-order valence-corrected chi connectivity index (χ0v) is 14.1. The normalized spacial score (nSPS) is 27.8. The first-order valence-corrected chi connectivity index (χ1v) is 8.52. The molecule has 0 bridgehead atoms. The SMILES string of the molecule is CC(C)=CCC[C@H](C)[C@H]1CC[C@H](C)C2=C1C=C(C)CC2. The molecular formula is C20H32. The topological polar surface area (TPSA) is 0 Å². The van der Waals surface area contributed by atoms with Gasteiger partial charge in [-0.25, -0.2) is 0 Å². The van der Waals surface area contributed by atoms with Crippen LogP contribution in [0.25, 0.3) is 0 Å². The maximum Gasteiger partial charge on any atom is -0.0136 e. The van der Waals surface area contributed by atoms with Gasteiger partial charge in [-0.2, -0.15) is 0 Å². The summed E-state index contributed by atoms with van der Waals surface area (Å²) in [5.74, 6) is 2.47. The molecule has 0 N–H and O–H groups in total. The summed E-state index contributed by atoms with van der Waals surface area (Å²) in [6, 6.07) is 0. The van der Waals surface area contributed by atoms with Gasteiger partial charge in [0.25, 0.3) is 0 Å². The standard InChI is InChI=1S/C20H32/c1-14(2)7-6-8-16(4)19-12-10-17(5)18-11-9-15(3)13-20(18)19/h7,13,16-17,19H,6,8-12H2,1-5H3/t16-,17-,19+/m0/s1. The van der Waals surface area contributed by atoms with Crippen molar-refractivity contribution in [3.05, 3.63) is 34.4 Å². The molecule has 0 aromatic heterocycles. The second kappa shape index (κ2) is 6.78. The molecule has 0 nitrogen and oxygen atoms in total. The van der Waals surface area contributed by atoms with Gasteiger partial charge >= 0.3 is 0 Å². The molecule has 2 aliphatic carbocycles. The molecule has 0 aromatic carbocycles. The van der Waals surface area contributed by atoms with Crippen molar-refractivity contribution in [2.75, 3.05) is 0 Å². The number of rotatable bonds is 4. The van der Waals surface area contributed by atoms with Crippen LogP contribution in [0.5, 0.6) is 0 Å². The van der Waals surface area contributed by atoms with E-state index in [0.29, 0.717) is 0 Å². The van der Waals surface area contributed by atoms with E-state index < -0.39 is 0 Å². The van der Waals surface area contributed by atoms with Gasteiger partial charge in [0.2, 0.25) is 0 Å². The fraction of sp³-hybridized carbons (Fsp3) is 0.700. The molecule has 0 saturated carbocycles. The van der Waals surface area contributed by atoms with E-state index in [9.17, 15) is 0 Å². The molecule has 0 fully saturated rings. The summed E-state index contributed by atoms with van der Waals surface area (Å²) in [6.45, 7) is 11.6. The summed E-state index contributed by atoms with van der Waals surface area (Å²) in [4.78, 5) is 0. The summed E-state index contributed by atoms with van der Waals surface area (Å²) < 4.78 is 0. The minimum absolute atomic E-state index is 0.821. The molecule has 0 saturated heterocycles. The molecule has 0 amide bonds. The smallest absolute Gasteiger partial charge is 0.0136 e. The average Bonchev–Trinajstić information content (AvgIpc) is 2.38. The third-order valence-corrected chi connectivity index (χ3v) is 5.33. The lowest BCUT2D eigenvalue weighted by molar-refractivity contribution is 0.318. The van der Waals surface area contributed by atoms with E-state index in [1.807, 2.05) is 0 Å². The summed E-state index contributed by atoms with van der Waals surface area (Å²) >= 11 is 0. The van der Waals surface area contributed by atoms with Crippen LogP contribution in [0.4, 0.5) is 0 Å². The van der Waals surface area contributed by atoms with Crippen LogP contribution in [0.2, 0.25) is 0 Å². The van der Waals surface area contributed by atoms with Crippen molar-refractivity contribution in [1.29, 1.82) is 0 Å². The van der Waals surface area contributed by atoms with Crippen molar-refractivity contribution < 1.29 is 0 Å². The fourth-order valence-corrected chi connectivity index (χ4v) is 3.97. The number of allylic oxidation sites excluding steroid dienone is 6. The molecule has 112 valence electrons. The van der Waals surface area contributed by atoms with Crippen LogP contribution >= 0.6 is 0 Å². The zero-order chi connectivity index (χ0) is 14.7. The van der Waals surface area contributed by atoms with Gasteiger partial charge in [-0.15, -0.1) is 0 Å². The number of hydrogen-bond acceptors (Lipinski definition) is 0. The van der Waals surface area contributed by atoms with E-state index in [1.54, 1.807) is 16.7 Å². The average molecular weight is 272 g/mol. The summed E-state index contributed by atoms with van der Waals surface area (Å²) in [6.07, 6.45) is 13.0. The molecule has 0 heteroatoms. The molecule has 0 unspecified atom stereocenters. The van der Waals surface area contributed by atoms with Crippen LogP contribution in [-0.2, 0) is 0 Å². The van der Waals surface area contributed by atoms with Crippen molar-refractivity contribution >= 4 is 0 Å². The van der Waals surface area contributed by atoms with Crippen LogP contribution in [0.15, 0.2) is 34.4 Å². The molecule has 0 heterocycles. The predicted octanol–water partition coefficient (Wildman–Crippen LogP) is 6.45. The highest BCUT2D eigenvalue weighted by atomic mass is 14.4. The maximum atomic E-state index is 2.54. The molecule has 20 heavy (non-hydrogen) atoms. The van der Waals surface area contributed by atoms with E-state index in [1.165, 1.54) is 44.1 Å². The van der Waals surface area contributed by atoms with Crippen LogP contribution in [-0.4, -0.2) is 0 Å². The molecule has 2 aliphatic rings. The molecule has 0 spiro atoms. The highest BCUT2D eigenvalue weighted by molar-refractivity contribution is 5.38. The number of hydrogen-bond donors (Lipinski definition) is 0. The van der Waals surface area contributed by atoms with Crippen LogP contribution in [0.1, 0.15) is 73.1 Å². The van der Waals surface area contributed by atoms with Gasteiger partial charge in [0.05, 0.1) is 0 Å². The third kappa shape index (κ3) is 3.65. The highest BCUT2D eigenvalue weighted by Gasteiger charge is 2.30. The molecular weight excluding hydrogens is 240 g/mol. The lowest BCUT2D eigenvalue weighted by Gasteiger charge is -2.37. The Morgan fingerprint density at radius 1 is 1.30 bits per heavy atom. The lowest BCUT2D eigenvalue weighted by atomic mass is 9.68. The maximum absolute atomic E-state index is 2.54. The Kier molecular flexibility index (Phi) is 5.29. The van der Waals surface area contributed by atoms with Gasteiger partial charge in [0.15, 0.2) is 0 Å². The van der Waals surface area contributed by atoms with Gasteiger partial charge < -0.3 is 0 Å². The largest absolute Gasteiger partial charge is 0.0859 e. The first-order valence-electron chi connectivity index (χ1n) is 8.52. The van der Waals surface area contributed by atoms with E-state index in [0.717, 1.165) is 17.8 Å². The van der Waals surface area contributed by atoms with Crippen molar-refractivity contribution in [2.24, 2.45) is 17.8 Å². The quantitative estimate of drug-likeness (QED) is 0.516. The van der Waals surface area contributed by atoms with Crippen molar-refractivity contribution in [3.8, 4) is 0 Å². The van der Waals surface area contributed by atoms with Gasteiger partial charge in [-0.05, 0) is 82.6 Å². The second-order valence-electron chi connectivity index (χ2n) is 7.39. The van der Waals surface area contributed by atoms with Gasteiger partial charge in [-0.1, -0.05) is 42.7 Å². The highest BCUT2D eigenvalue weighted by Crippen LogP contribution is 2.44. The minimum Gasteiger partial charge on any atom is -0.0859 e. The van der Waals surface area contributed by atoms with E-state index >= 15 is 0 Å². The second-order valence-corrected chi connectivity index (χ2v) is 7.39. The van der Waals surface area contributed by atoms with Crippen LogP contribution in [0.3, 0.4) is 0 Å². The molecule has 2 rings (SSSR count). The Balaban J connectivity index is 2.11. The van der Waals surface area contributed by atoms with Crippen LogP contribution < -0.4 is 0 Å². The lowest BCUT2D eigenvalue weighted by Crippen LogP contribution is -2.24. The predicted molar refractivity (Wildman–Crippen MR) is 89.7 cm³/mol. The fourth-order valence-electron chi connectivity index (χ4n) is 3.97. The zero-order valence-electron chi connectivity index (χ0n) is 14.1. The monoisotopic (exact) mass is 272 g/mol. The molecule has 3 atom stereocenters. The first kappa shape index (κ1) is 15.6. The van der Waals surface area contributed by atoms with Gasteiger partial charge in [0, 0.05) is 0 Å². The molecule has 0 aliphatic heterocycles. The Bertz CT molecular complexity index is 429. The summed E-state index contributed by atoms with van der Waals surface area (Å²) in [5, 5.41) is 0. The van der Waals surface area contributed by atoms with Crippen molar-refractivity contribution in [2.45, 2.75) is 73.1 Å². The minimum atomic E-state index is 0.821. The molecule has 0 aromatic rings. The Hall–Kier alpha value is -0.780. The third-order valence-electron chi connectivity index (χ3n) is 5.33. The van der Waals surface area contributed by atoms with Gasteiger partial charge in [-0.3, -0.25) is 0 Å². The van der Waals surface area contributed by atoms with E-state index in [2.05, 4.69) is 46.8 Å². The Morgan fingerprint density at radius 3 is 2.75 bits per heavy atom. The van der Waals surface area contributed by atoms with Gasteiger partial charge in [0.1, 0.15) is 0 Å². The van der Waals surface area contributed by atoms with E-state index in [4.69, 9.17) is 0 Å².